The average molecular weight is 310 g/mol. The molecule has 23 heavy (non-hydrogen) atoms. The van der Waals surface area contributed by atoms with Crippen LogP contribution in [0.15, 0.2) is 54.7 Å². The summed E-state index contributed by atoms with van der Waals surface area (Å²) in [7, 11) is 0. The molecule has 0 unspecified atom stereocenters. The number of pyridine rings is 1. The number of rotatable bonds is 7. The van der Waals surface area contributed by atoms with Crippen molar-refractivity contribution in [3.8, 4) is 0 Å². The van der Waals surface area contributed by atoms with Gasteiger partial charge >= 0.3 is 0 Å². The van der Waals surface area contributed by atoms with E-state index >= 15 is 0 Å². The number of benzene rings is 1. The normalized spacial score (nSPS) is 18.2. The van der Waals surface area contributed by atoms with Crippen molar-refractivity contribution in [1.29, 1.82) is 0 Å². The molecule has 1 aromatic carbocycles. The molecule has 3 heteroatoms. The molecule has 0 amide bonds. The van der Waals surface area contributed by atoms with Crippen molar-refractivity contribution in [2.75, 3.05) is 26.3 Å². The van der Waals surface area contributed by atoms with Crippen molar-refractivity contribution >= 4 is 0 Å². The predicted octanol–water partition coefficient (Wildman–Crippen LogP) is 3.55. The lowest BCUT2D eigenvalue weighted by molar-refractivity contribution is 0.0372. The van der Waals surface area contributed by atoms with Gasteiger partial charge < -0.3 is 4.74 Å². The average Bonchev–Trinajstić information content (AvgIpc) is 2.62. The van der Waals surface area contributed by atoms with Gasteiger partial charge in [-0.25, -0.2) is 0 Å². The Morgan fingerprint density at radius 1 is 1.09 bits per heavy atom. The third-order valence-electron chi connectivity index (χ3n) is 4.44. The van der Waals surface area contributed by atoms with Crippen LogP contribution in [0, 0.1) is 5.92 Å². The maximum atomic E-state index is 5.65. The number of nitrogens with zero attached hydrogens (tertiary/aromatic N) is 2. The number of hydrogen-bond acceptors (Lipinski definition) is 3. The van der Waals surface area contributed by atoms with Gasteiger partial charge in [0.2, 0.25) is 0 Å². The Bertz CT molecular complexity index is 552. The summed E-state index contributed by atoms with van der Waals surface area (Å²) in [4.78, 5) is 7.03. The van der Waals surface area contributed by atoms with E-state index in [0.29, 0.717) is 5.92 Å². The molecule has 122 valence electrons. The van der Waals surface area contributed by atoms with Gasteiger partial charge in [-0.1, -0.05) is 36.4 Å². The van der Waals surface area contributed by atoms with E-state index in [-0.39, 0.29) is 0 Å². The van der Waals surface area contributed by atoms with E-state index in [0.717, 1.165) is 45.0 Å². The molecule has 1 aromatic heterocycles. The first-order chi connectivity index (χ1) is 11.4. The molecular formula is C20H26N2O. The molecule has 2 heterocycles. The van der Waals surface area contributed by atoms with E-state index in [1.807, 2.05) is 12.3 Å². The van der Waals surface area contributed by atoms with Crippen LogP contribution in [-0.4, -0.2) is 36.2 Å². The topological polar surface area (TPSA) is 25.4 Å². The Labute approximate surface area is 139 Å². The molecule has 0 aliphatic carbocycles. The molecule has 0 N–H and O–H groups in total. The van der Waals surface area contributed by atoms with Crippen molar-refractivity contribution in [2.45, 2.75) is 25.8 Å². The Morgan fingerprint density at radius 3 is 2.70 bits per heavy atom. The summed E-state index contributed by atoms with van der Waals surface area (Å²) >= 11 is 0. The van der Waals surface area contributed by atoms with Crippen LogP contribution in [0.4, 0.5) is 0 Å². The SMILES string of the molecule is c1ccc(CCN(Cc2ccccn2)C[C@@H]2CCCOC2)cc1. The lowest BCUT2D eigenvalue weighted by atomic mass is 10.0. The third-order valence-corrected chi connectivity index (χ3v) is 4.44. The van der Waals surface area contributed by atoms with E-state index in [9.17, 15) is 0 Å². The molecule has 1 fully saturated rings. The molecule has 0 bridgehead atoms. The zero-order valence-corrected chi connectivity index (χ0v) is 13.7. The molecule has 3 rings (SSSR count). The van der Waals surface area contributed by atoms with Crippen molar-refractivity contribution in [3.05, 3.63) is 66.0 Å². The Morgan fingerprint density at radius 2 is 1.96 bits per heavy atom. The monoisotopic (exact) mass is 310 g/mol. The zero-order valence-electron chi connectivity index (χ0n) is 13.7. The first-order valence-corrected chi connectivity index (χ1v) is 8.64. The largest absolute Gasteiger partial charge is 0.381 e. The summed E-state index contributed by atoms with van der Waals surface area (Å²) in [5, 5.41) is 0. The lowest BCUT2D eigenvalue weighted by Crippen LogP contribution is -2.34. The van der Waals surface area contributed by atoms with Crippen LogP contribution in [0.1, 0.15) is 24.1 Å². The second-order valence-corrected chi connectivity index (χ2v) is 6.37. The van der Waals surface area contributed by atoms with Gasteiger partial charge in [0.15, 0.2) is 0 Å². The van der Waals surface area contributed by atoms with Crippen molar-refractivity contribution in [2.24, 2.45) is 5.92 Å². The smallest absolute Gasteiger partial charge is 0.0543 e. The fraction of sp³-hybridized carbons (Fsp3) is 0.450. The van der Waals surface area contributed by atoms with Gasteiger partial charge in [-0.3, -0.25) is 9.88 Å². The fourth-order valence-corrected chi connectivity index (χ4v) is 3.20. The number of aromatic nitrogens is 1. The molecule has 1 aliphatic heterocycles. The van der Waals surface area contributed by atoms with Gasteiger partial charge in [-0.15, -0.1) is 0 Å². The molecular weight excluding hydrogens is 284 g/mol. The highest BCUT2D eigenvalue weighted by atomic mass is 16.5. The van der Waals surface area contributed by atoms with Gasteiger partial charge in [-0.2, -0.15) is 0 Å². The van der Waals surface area contributed by atoms with Gasteiger partial charge in [0.25, 0.3) is 0 Å². The summed E-state index contributed by atoms with van der Waals surface area (Å²) in [5.74, 6) is 0.656. The molecule has 2 aromatic rings. The van der Waals surface area contributed by atoms with Crippen molar-refractivity contribution in [3.63, 3.8) is 0 Å². The molecule has 1 aliphatic rings. The van der Waals surface area contributed by atoms with E-state index in [1.165, 1.54) is 18.4 Å². The Balaban J connectivity index is 1.60. The zero-order chi connectivity index (χ0) is 15.7. The van der Waals surface area contributed by atoms with Crippen LogP contribution in [0.25, 0.3) is 0 Å². The maximum absolute atomic E-state index is 5.65. The van der Waals surface area contributed by atoms with Crippen LogP contribution in [0.5, 0.6) is 0 Å². The molecule has 0 saturated carbocycles. The van der Waals surface area contributed by atoms with Gasteiger partial charge in [0.1, 0.15) is 0 Å². The molecule has 3 nitrogen and oxygen atoms in total. The first-order valence-electron chi connectivity index (χ1n) is 8.64. The predicted molar refractivity (Wildman–Crippen MR) is 93.2 cm³/mol. The summed E-state index contributed by atoms with van der Waals surface area (Å²) in [6.45, 7) is 4.93. The lowest BCUT2D eigenvalue weighted by Gasteiger charge is -2.29. The summed E-state index contributed by atoms with van der Waals surface area (Å²) in [6.07, 6.45) is 5.44. The minimum absolute atomic E-state index is 0.656. The third kappa shape index (κ3) is 5.45. The number of ether oxygens (including phenoxy) is 1. The molecule has 0 radical (unpaired) electrons. The van der Waals surface area contributed by atoms with E-state index in [2.05, 4.69) is 52.3 Å². The Kier molecular flexibility index (Phi) is 6.18. The minimum Gasteiger partial charge on any atom is -0.381 e. The van der Waals surface area contributed by atoms with E-state index in [1.54, 1.807) is 0 Å². The van der Waals surface area contributed by atoms with Crippen LogP contribution in [0.3, 0.4) is 0 Å². The number of hydrogen-bond donors (Lipinski definition) is 0. The van der Waals surface area contributed by atoms with Gasteiger partial charge in [0, 0.05) is 32.4 Å². The standard InChI is InChI=1S/C20H26N2O/c1-2-7-18(8-3-1)11-13-22(15-19-9-6-14-23-17-19)16-20-10-4-5-12-21-20/h1-5,7-8,10,12,19H,6,9,11,13-17H2/t19-/m0/s1. The van der Waals surface area contributed by atoms with Crippen molar-refractivity contribution < 1.29 is 4.74 Å². The maximum Gasteiger partial charge on any atom is 0.0543 e. The molecule has 1 atom stereocenters. The van der Waals surface area contributed by atoms with Crippen LogP contribution < -0.4 is 0 Å². The van der Waals surface area contributed by atoms with Crippen molar-refractivity contribution in [1.82, 2.24) is 9.88 Å². The summed E-state index contributed by atoms with van der Waals surface area (Å²) in [5.41, 5.74) is 2.55. The Hall–Kier alpha value is -1.71. The second-order valence-electron chi connectivity index (χ2n) is 6.37. The van der Waals surface area contributed by atoms with Crippen LogP contribution in [0.2, 0.25) is 0 Å². The second kappa shape index (κ2) is 8.80. The van der Waals surface area contributed by atoms with Crippen LogP contribution in [-0.2, 0) is 17.7 Å². The quantitative estimate of drug-likeness (QED) is 0.782. The van der Waals surface area contributed by atoms with E-state index in [4.69, 9.17) is 4.74 Å². The van der Waals surface area contributed by atoms with Crippen LogP contribution >= 0.6 is 0 Å². The highest BCUT2D eigenvalue weighted by Crippen LogP contribution is 2.16. The summed E-state index contributed by atoms with van der Waals surface area (Å²) < 4.78 is 5.65. The van der Waals surface area contributed by atoms with Gasteiger partial charge in [0.05, 0.1) is 12.3 Å². The highest BCUT2D eigenvalue weighted by Gasteiger charge is 2.18. The summed E-state index contributed by atoms with van der Waals surface area (Å²) in [6, 6.07) is 16.9. The molecule has 1 saturated heterocycles. The first kappa shape index (κ1) is 16.2. The molecule has 0 spiro atoms. The minimum atomic E-state index is 0.656. The van der Waals surface area contributed by atoms with Gasteiger partial charge in [-0.05, 0) is 42.9 Å². The highest BCUT2D eigenvalue weighted by molar-refractivity contribution is 5.15. The fourth-order valence-electron chi connectivity index (χ4n) is 3.20. The van der Waals surface area contributed by atoms with E-state index < -0.39 is 0 Å².